The third-order valence-electron chi connectivity index (χ3n) is 6.97. The summed E-state index contributed by atoms with van der Waals surface area (Å²) in [6.07, 6.45) is 5.32. The molecule has 3 heterocycles. The topological polar surface area (TPSA) is 53.1 Å². The minimum atomic E-state index is -0.364. The number of nitrogens with zero attached hydrogens (tertiary/aromatic N) is 3. The molecular formula is C26H31N3O3. The first-order chi connectivity index (χ1) is 15.7. The summed E-state index contributed by atoms with van der Waals surface area (Å²) in [6.45, 7) is 5.63. The van der Waals surface area contributed by atoms with Gasteiger partial charge in [0.05, 0.1) is 5.56 Å². The van der Waals surface area contributed by atoms with Crippen LogP contribution in [-0.2, 0) is 11.3 Å². The molecule has 6 nitrogen and oxygen atoms in total. The molecule has 1 amide bonds. The summed E-state index contributed by atoms with van der Waals surface area (Å²) in [5.74, 6) is 0.359. The normalized spacial score (nSPS) is 21.1. The van der Waals surface area contributed by atoms with Crippen molar-refractivity contribution >= 4 is 17.6 Å². The molecule has 0 radical (unpaired) electrons. The Kier molecular flexibility index (Phi) is 6.23. The number of amides is 1. The fourth-order valence-electron chi connectivity index (χ4n) is 5.22. The van der Waals surface area contributed by atoms with E-state index in [2.05, 4.69) is 9.80 Å². The molecule has 5 rings (SSSR count). The first kappa shape index (κ1) is 21.2. The second-order valence-electron chi connectivity index (χ2n) is 9.12. The van der Waals surface area contributed by atoms with E-state index in [0.717, 1.165) is 56.9 Å². The van der Waals surface area contributed by atoms with Crippen molar-refractivity contribution in [1.29, 1.82) is 0 Å². The number of fused-ring (bicyclic) bond motifs is 2. The van der Waals surface area contributed by atoms with Crippen LogP contribution in [-0.4, -0.2) is 60.4 Å². The molecule has 32 heavy (non-hydrogen) atoms. The van der Waals surface area contributed by atoms with Crippen molar-refractivity contribution in [3.8, 4) is 5.75 Å². The lowest BCUT2D eigenvalue weighted by atomic mass is 10.1. The van der Waals surface area contributed by atoms with Crippen LogP contribution in [0.3, 0.4) is 0 Å². The van der Waals surface area contributed by atoms with Gasteiger partial charge in [0.2, 0.25) is 5.91 Å². The third-order valence-corrected chi connectivity index (χ3v) is 6.97. The average molecular weight is 434 g/mol. The number of esters is 1. The third kappa shape index (κ3) is 4.57. The summed E-state index contributed by atoms with van der Waals surface area (Å²) >= 11 is 0. The zero-order chi connectivity index (χ0) is 21.9. The van der Waals surface area contributed by atoms with E-state index in [1.165, 1.54) is 19.3 Å². The van der Waals surface area contributed by atoms with Crippen LogP contribution in [0.2, 0.25) is 0 Å². The second-order valence-corrected chi connectivity index (χ2v) is 9.12. The van der Waals surface area contributed by atoms with Gasteiger partial charge in [0.25, 0.3) is 0 Å². The highest BCUT2D eigenvalue weighted by atomic mass is 16.5. The van der Waals surface area contributed by atoms with Crippen LogP contribution >= 0.6 is 0 Å². The second kappa shape index (κ2) is 9.43. The Morgan fingerprint density at radius 1 is 0.969 bits per heavy atom. The van der Waals surface area contributed by atoms with Gasteiger partial charge in [0, 0.05) is 37.8 Å². The first-order valence-corrected chi connectivity index (χ1v) is 11.8. The minimum absolute atomic E-state index is 0.195. The monoisotopic (exact) mass is 433 g/mol. The van der Waals surface area contributed by atoms with E-state index in [4.69, 9.17) is 4.74 Å². The molecule has 1 unspecified atom stereocenters. The molecule has 3 aliphatic rings. The summed E-state index contributed by atoms with van der Waals surface area (Å²) in [4.78, 5) is 32.7. The maximum atomic E-state index is 13.3. The van der Waals surface area contributed by atoms with Crippen LogP contribution in [0.4, 0.5) is 5.69 Å². The van der Waals surface area contributed by atoms with Crippen molar-refractivity contribution in [2.45, 2.75) is 44.7 Å². The maximum Gasteiger partial charge on any atom is 0.343 e. The number of carbonyl (C=O) groups excluding carboxylic acids is 2. The van der Waals surface area contributed by atoms with E-state index in [9.17, 15) is 9.59 Å². The molecule has 0 aliphatic carbocycles. The van der Waals surface area contributed by atoms with Gasteiger partial charge in [-0.2, -0.15) is 0 Å². The molecule has 2 saturated heterocycles. The highest BCUT2D eigenvalue weighted by Gasteiger charge is 2.34. The molecule has 3 aliphatic heterocycles. The molecular weight excluding hydrogens is 402 g/mol. The molecule has 0 N–H and O–H groups in total. The number of anilines is 1. The van der Waals surface area contributed by atoms with Crippen LogP contribution in [0.15, 0.2) is 48.5 Å². The van der Waals surface area contributed by atoms with Crippen LogP contribution in [0.1, 0.15) is 48.0 Å². The van der Waals surface area contributed by atoms with Gasteiger partial charge in [-0.25, -0.2) is 4.79 Å². The van der Waals surface area contributed by atoms with E-state index in [1.807, 2.05) is 41.3 Å². The van der Waals surface area contributed by atoms with Crippen molar-refractivity contribution in [2.24, 2.45) is 0 Å². The van der Waals surface area contributed by atoms with Crippen LogP contribution in [0.25, 0.3) is 0 Å². The molecule has 168 valence electrons. The van der Waals surface area contributed by atoms with Gasteiger partial charge < -0.3 is 14.5 Å². The Morgan fingerprint density at radius 2 is 1.78 bits per heavy atom. The predicted molar refractivity (Wildman–Crippen MR) is 124 cm³/mol. The summed E-state index contributed by atoms with van der Waals surface area (Å²) in [6, 6.07) is 15.1. The average Bonchev–Trinajstić information content (AvgIpc) is 3.47. The number of benzene rings is 2. The van der Waals surface area contributed by atoms with Crippen LogP contribution < -0.4 is 9.64 Å². The SMILES string of the molecule is O=C(Oc1ccc2c(c1)CN1CCCC1CN2C(=O)CCN1CCCC1)c1ccccc1. The molecule has 0 saturated carbocycles. The lowest BCUT2D eigenvalue weighted by molar-refractivity contribution is -0.119. The molecule has 2 fully saturated rings. The van der Waals surface area contributed by atoms with Crippen molar-refractivity contribution in [3.63, 3.8) is 0 Å². The summed E-state index contributed by atoms with van der Waals surface area (Å²) in [7, 11) is 0. The Balaban J connectivity index is 1.36. The molecule has 0 spiro atoms. The maximum absolute atomic E-state index is 13.3. The van der Waals surface area contributed by atoms with Crippen molar-refractivity contribution in [2.75, 3.05) is 37.6 Å². The van der Waals surface area contributed by atoms with Crippen LogP contribution in [0, 0.1) is 0 Å². The highest BCUT2D eigenvalue weighted by molar-refractivity contribution is 5.95. The standard InChI is InChI=1S/C26H31N3O3/c30-25(12-16-27-13-4-5-14-27)29-19-22-9-6-15-28(22)18-21-17-23(10-11-24(21)29)32-26(31)20-7-2-1-3-8-20/h1-3,7-8,10-11,17,22H,4-6,9,12-16,18-19H2. The largest absolute Gasteiger partial charge is 0.423 e. The van der Waals surface area contributed by atoms with Gasteiger partial charge in [-0.15, -0.1) is 0 Å². The zero-order valence-electron chi connectivity index (χ0n) is 18.5. The summed E-state index contributed by atoms with van der Waals surface area (Å²) < 4.78 is 5.66. The van der Waals surface area contributed by atoms with E-state index in [1.54, 1.807) is 12.1 Å². The van der Waals surface area contributed by atoms with Gasteiger partial charge in [-0.05, 0) is 81.2 Å². The molecule has 0 bridgehead atoms. The van der Waals surface area contributed by atoms with E-state index in [-0.39, 0.29) is 11.9 Å². The smallest absolute Gasteiger partial charge is 0.343 e. The molecule has 6 heteroatoms. The van der Waals surface area contributed by atoms with E-state index >= 15 is 0 Å². The summed E-state index contributed by atoms with van der Waals surface area (Å²) in [5, 5.41) is 0. The zero-order valence-corrected chi connectivity index (χ0v) is 18.5. The van der Waals surface area contributed by atoms with Gasteiger partial charge >= 0.3 is 5.97 Å². The van der Waals surface area contributed by atoms with Crippen molar-refractivity contribution < 1.29 is 14.3 Å². The number of rotatable bonds is 5. The fourth-order valence-corrected chi connectivity index (χ4v) is 5.22. The molecule has 2 aromatic carbocycles. The Hall–Kier alpha value is -2.70. The van der Waals surface area contributed by atoms with Gasteiger partial charge in [-0.3, -0.25) is 9.69 Å². The van der Waals surface area contributed by atoms with Crippen molar-refractivity contribution in [1.82, 2.24) is 9.80 Å². The number of hydrogen-bond acceptors (Lipinski definition) is 5. The molecule has 0 aromatic heterocycles. The molecule has 2 aromatic rings. The first-order valence-electron chi connectivity index (χ1n) is 11.8. The van der Waals surface area contributed by atoms with Gasteiger partial charge in [0.1, 0.15) is 5.75 Å². The van der Waals surface area contributed by atoms with Crippen LogP contribution in [0.5, 0.6) is 5.75 Å². The van der Waals surface area contributed by atoms with Gasteiger partial charge in [0.15, 0.2) is 0 Å². The number of hydrogen-bond donors (Lipinski definition) is 0. The Morgan fingerprint density at radius 3 is 2.59 bits per heavy atom. The van der Waals surface area contributed by atoms with Crippen molar-refractivity contribution in [3.05, 3.63) is 59.7 Å². The Bertz CT molecular complexity index is 972. The number of ether oxygens (including phenoxy) is 1. The lowest BCUT2D eigenvalue weighted by Gasteiger charge is -2.27. The minimum Gasteiger partial charge on any atom is -0.423 e. The Labute approximate surface area is 189 Å². The highest BCUT2D eigenvalue weighted by Crippen LogP contribution is 2.34. The number of likely N-dealkylation sites (tertiary alicyclic amines) is 1. The van der Waals surface area contributed by atoms with E-state index < -0.39 is 0 Å². The molecule has 1 atom stereocenters. The van der Waals surface area contributed by atoms with E-state index in [0.29, 0.717) is 23.8 Å². The van der Waals surface area contributed by atoms with Gasteiger partial charge in [-0.1, -0.05) is 18.2 Å². The lowest BCUT2D eigenvalue weighted by Crippen LogP contribution is -2.41. The quantitative estimate of drug-likeness (QED) is 0.532. The predicted octanol–water partition coefficient (Wildman–Crippen LogP) is 3.70. The number of carbonyl (C=O) groups is 2. The fraction of sp³-hybridized carbons (Fsp3) is 0.462. The summed E-state index contributed by atoms with van der Waals surface area (Å²) in [5.41, 5.74) is 2.55.